The van der Waals surface area contributed by atoms with Gasteiger partial charge in [-0.25, -0.2) is 4.79 Å². The highest BCUT2D eigenvalue weighted by atomic mass is 19.4. The van der Waals surface area contributed by atoms with E-state index in [9.17, 15) is 18.0 Å². The summed E-state index contributed by atoms with van der Waals surface area (Å²) in [6, 6.07) is 8.76. The minimum absolute atomic E-state index is 0.0194. The van der Waals surface area contributed by atoms with Crippen molar-refractivity contribution in [2.75, 3.05) is 7.05 Å². The van der Waals surface area contributed by atoms with Gasteiger partial charge < -0.3 is 10.2 Å². The summed E-state index contributed by atoms with van der Waals surface area (Å²) in [5, 5.41) is 2.73. The highest BCUT2D eigenvalue weighted by Crippen LogP contribution is 2.37. The van der Waals surface area contributed by atoms with Crippen molar-refractivity contribution < 1.29 is 18.0 Å². The SMILES string of the molecule is CN(Cc1ccccc1)C(=O)N[C@@H]1CCC[C@@H](C(F)(F)F)C1. The second kappa shape index (κ2) is 7.03. The maximum Gasteiger partial charge on any atom is 0.391 e. The number of hydrogen-bond acceptors (Lipinski definition) is 1. The van der Waals surface area contributed by atoms with Crippen LogP contribution in [0.4, 0.5) is 18.0 Å². The molecule has 2 amide bonds. The third-order valence-corrected chi connectivity index (χ3v) is 4.07. The lowest BCUT2D eigenvalue weighted by Crippen LogP contribution is -2.46. The minimum Gasteiger partial charge on any atom is -0.335 e. The number of benzene rings is 1. The molecular weight excluding hydrogens is 293 g/mol. The Labute approximate surface area is 128 Å². The monoisotopic (exact) mass is 314 g/mol. The lowest BCUT2D eigenvalue weighted by molar-refractivity contribution is -0.183. The van der Waals surface area contributed by atoms with Crippen molar-refractivity contribution in [1.82, 2.24) is 10.2 Å². The van der Waals surface area contributed by atoms with Crippen molar-refractivity contribution in [2.24, 2.45) is 5.92 Å². The second-order valence-corrected chi connectivity index (χ2v) is 5.89. The molecule has 0 aliphatic heterocycles. The number of nitrogens with zero attached hydrogens (tertiary/aromatic N) is 1. The van der Waals surface area contributed by atoms with E-state index in [0.717, 1.165) is 5.56 Å². The van der Waals surface area contributed by atoms with E-state index in [4.69, 9.17) is 0 Å². The van der Waals surface area contributed by atoms with Gasteiger partial charge in [0.05, 0.1) is 5.92 Å². The van der Waals surface area contributed by atoms with E-state index >= 15 is 0 Å². The number of hydrogen-bond donors (Lipinski definition) is 1. The zero-order chi connectivity index (χ0) is 16.2. The van der Waals surface area contributed by atoms with Gasteiger partial charge in [-0.05, 0) is 24.8 Å². The van der Waals surface area contributed by atoms with Crippen LogP contribution in [-0.2, 0) is 6.54 Å². The van der Waals surface area contributed by atoms with Crippen LogP contribution in [0.15, 0.2) is 30.3 Å². The maximum absolute atomic E-state index is 12.8. The van der Waals surface area contributed by atoms with Gasteiger partial charge in [0.15, 0.2) is 0 Å². The normalized spacial score (nSPS) is 22.2. The first-order valence-electron chi connectivity index (χ1n) is 7.48. The molecule has 1 aromatic rings. The summed E-state index contributed by atoms with van der Waals surface area (Å²) < 4.78 is 38.3. The van der Waals surface area contributed by atoms with Crippen LogP contribution in [0.1, 0.15) is 31.2 Å². The Balaban J connectivity index is 1.86. The number of urea groups is 1. The largest absolute Gasteiger partial charge is 0.391 e. The van der Waals surface area contributed by atoms with Crippen LogP contribution in [-0.4, -0.2) is 30.2 Å². The predicted molar refractivity (Wildman–Crippen MR) is 78.2 cm³/mol. The molecule has 2 rings (SSSR count). The van der Waals surface area contributed by atoms with E-state index in [1.807, 2.05) is 30.3 Å². The van der Waals surface area contributed by atoms with Crippen molar-refractivity contribution in [3.8, 4) is 0 Å². The Morgan fingerprint density at radius 3 is 2.59 bits per heavy atom. The molecular formula is C16H21F3N2O. The van der Waals surface area contributed by atoms with E-state index in [2.05, 4.69) is 5.32 Å². The average molecular weight is 314 g/mol. The highest BCUT2D eigenvalue weighted by molar-refractivity contribution is 5.74. The van der Waals surface area contributed by atoms with Crippen molar-refractivity contribution in [3.63, 3.8) is 0 Å². The van der Waals surface area contributed by atoms with Gasteiger partial charge >= 0.3 is 12.2 Å². The molecule has 0 bridgehead atoms. The summed E-state index contributed by atoms with van der Waals surface area (Å²) >= 11 is 0. The molecule has 6 heteroatoms. The predicted octanol–water partition coefficient (Wildman–Crippen LogP) is 3.95. The number of carbonyl (C=O) groups excluding carboxylic acids is 1. The first-order valence-corrected chi connectivity index (χ1v) is 7.48. The van der Waals surface area contributed by atoms with Gasteiger partial charge in [-0.15, -0.1) is 0 Å². The van der Waals surface area contributed by atoms with E-state index in [1.54, 1.807) is 7.05 Å². The van der Waals surface area contributed by atoms with Crippen LogP contribution in [0.25, 0.3) is 0 Å². The van der Waals surface area contributed by atoms with Gasteiger partial charge in [0.2, 0.25) is 0 Å². The van der Waals surface area contributed by atoms with Crippen LogP contribution >= 0.6 is 0 Å². The Bertz CT molecular complexity index is 490. The molecule has 1 N–H and O–H groups in total. The van der Waals surface area contributed by atoms with E-state index in [0.29, 0.717) is 19.4 Å². The lowest BCUT2D eigenvalue weighted by atomic mass is 9.85. The maximum atomic E-state index is 12.8. The van der Waals surface area contributed by atoms with Gasteiger partial charge in [0.25, 0.3) is 0 Å². The summed E-state index contributed by atoms with van der Waals surface area (Å²) in [6.45, 7) is 0.433. The number of rotatable bonds is 3. The van der Waals surface area contributed by atoms with Gasteiger partial charge in [-0.2, -0.15) is 13.2 Å². The van der Waals surface area contributed by atoms with Crippen LogP contribution in [0.3, 0.4) is 0 Å². The third-order valence-electron chi connectivity index (χ3n) is 4.07. The van der Waals surface area contributed by atoms with Gasteiger partial charge in [0, 0.05) is 19.6 Å². The molecule has 2 atom stereocenters. The molecule has 0 aromatic heterocycles. The number of halogens is 3. The van der Waals surface area contributed by atoms with Crippen molar-refractivity contribution >= 4 is 6.03 Å². The average Bonchev–Trinajstić information content (AvgIpc) is 2.47. The first-order chi connectivity index (χ1) is 10.4. The van der Waals surface area contributed by atoms with E-state index in [-0.39, 0.29) is 18.9 Å². The molecule has 0 heterocycles. The number of amides is 2. The molecule has 0 radical (unpaired) electrons. The van der Waals surface area contributed by atoms with E-state index < -0.39 is 18.1 Å². The van der Waals surface area contributed by atoms with Gasteiger partial charge in [-0.1, -0.05) is 36.8 Å². The number of carbonyl (C=O) groups is 1. The molecule has 122 valence electrons. The molecule has 0 saturated heterocycles. The standard InChI is InChI=1S/C16H21F3N2O/c1-21(11-12-6-3-2-4-7-12)15(22)20-14-9-5-8-13(10-14)16(17,18)19/h2-4,6-7,13-14H,5,8-11H2,1H3,(H,20,22)/t13-,14-/m1/s1. The van der Waals surface area contributed by atoms with Gasteiger partial charge in [0.1, 0.15) is 0 Å². The fourth-order valence-corrected chi connectivity index (χ4v) is 2.83. The molecule has 1 aliphatic rings. The second-order valence-electron chi connectivity index (χ2n) is 5.89. The fourth-order valence-electron chi connectivity index (χ4n) is 2.83. The Morgan fingerprint density at radius 1 is 1.27 bits per heavy atom. The number of alkyl halides is 3. The Morgan fingerprint density at radius 2 is 1.95 bits per heavy atom. The molecule has 1 aliphatic carbocycles. The summed E-state index contributed by atoms with van der Waals surface area (Å²) in [6.07, 6.45) is -2.92. The zero-order valence-electron chi connectivity index (χ0n) is 12.6. The molecule has 1 saturated carbocycles. The molecule has 1 fully saturated rings. The van der Waals surface area contributed by atoms with Crippen molar-refractivity contribution in [1.29, 1.82) is 0 Å². The van der Waals surface area contributed by atoms with Gasteiger partial charge in [-0.3, -0.25) is 0 Å². The number of nitrogens with one attached hydrogen (secondary N) is 1. The lowest BCUT2D eigenvalue weighted by Gasteiger charge is -2.32. The summed E-state index contributed by atoms with van der Waals surface area (Å²) in [5.74, 6) is -1.30. The summed E-state index contributed by atoms with van der Waals surface area (Å²) in [5.41, 5.74) is 0.983. The Hall–Kier alpha value is -1.72. The minimum atomic E-state index is -4.17. The molecule has 0 spiro atoms. The quantitative estimate of drug-likeness (QED) is 0.900. The molecule has 1 aromatic carbocycles. The topological polar surface area (TPSA) is 32.3 Å². The van der Waals surface area contributed by atoms with Crippen LogP contribution < -0.4 is 5.32 Å². The van der Waals surface area contributed by atoms with E-state index in [1.165, 1.54) is 4.90 Å². The smallest absolute Gasteiger partial charge is 0.335 e. The van der Waals surface area contributed by atoms with Crippen LogP contribution in [0, 0.1) is 5.92 Å². The molecule has 22 heavy (non-hydrogen) atoms. The summed E-state index contributed by atoms with van der Waals surface area (Å²) in [4.78, 5) is 13.6. The molecule has 3 nitrogen and oxygen atoms in total. The summed E-state index contributed by atoms with van der Waals surface area (Å²) in [7, 11) is 1.65. The van der Waals surface area contributed by atoms with Crippen LogP contribution in [0.2, 0.25) is 0 Å². The highest BCUT2D eigenvalue weighted by Gasteiger charge is 2.42. The van der Waals surface area contributed by atoms with Crippen molar-refractivity contribution in [2.45, 2.75) is 44.4 Å². The van der Waals surface area contributed by atoms with Crippen LogP contribution in [0.5, 0.6) is 0 Å². The molecule has 0 unspecified atom stereocenters. The Kier molecular flexibility index (Phi) is 5.32. The first kappa shape index (κ1) is 16.6. The van der Waals surface area contributed by atoms with Crippen molar-refractivity contribution in [3.05, 3.63) is 35.9 Å². The third kappa shape index (κ3) is 4.64. The zero-order valence-corrected chi connectivity index (χ0v) is 12.6. The fraction of sp³-hybridized carbons (Fsp3) is 0.562.